The van der Waals surface area contributed by atoms with Gasteiger partial charge in [0.05, 0.1) is 16.4 Å². The van der Waals surface area contributed by atoms with Gasteiger partial charge >= 0.3 is 5.97 Å². The highest BCUT2D eigenvalue weighted by molar-refractivity contribution is 8.26. The highest BCUT2D eigenvalue weighted by atomic mass is 32.2. The zero-order chi connectivity index (χ0) is 22.5. The van der Waals surface area contributed by atoms with Gasteiger partial charge in [-0.15, -0.1) is 0 Å². The number of rotatable bonds is 8. The van der Waals surface area contributed by atoms with Gasteiger partial charge in [0.1, 0.15) is 17.1 Å². The fourth-order valence-corrected chi connectivity index (χ4v) is 3.80. The van der Waals surface area contributed by atoms with Crippen LogP contribution in [0.25, 0.3) is 6.08 Å². The molecule has 1 fully saturated rings. The molecule has 1 aliphatic rings. The number of carboxylic acids is 1. The molecule has 0 unspecified atom stereocenters. The van der Waals surface area contributed by atoms with Crippen LogP contribution < -0.4 is 9.47 Å². The topological polar surface area (TPSA) is 132 Å². The average Bonchev–Trinajstić information content (AvgIpc) is 2.97. The van der Waals surface area contributed by atoms with E-state index in [9.17, 15) is 19.7 Å². The molecule has 1 aromatic heterocycles. The molecule has 2 aromatic rings. The van der Waals surface area contributed by atoms with Gasteiger partial charge in [0.2, 0.25) is 5.88 Å². The number of thioether (sulfide) groups is 1. The van der Waals surface area contributed by atoms with Crippen LogP contribution >= 0.6 is 24.0 Å². The summed E-state index contributed by atoms with van der Waals surface area (Å²) in [4.78, 5) is 38.7. The number of hydrogen-bond acceptors (Lipinski definition) is 9. The molecule has 1 N–H and O–H groups in total. The van der Waals surface area contributed by atoms with Crippen molar-refractivity contribution in [1.29, 1.82) is 0 Å². The standard InChI is InChI=1S/C19H15N3O7S2/c1-2-28-14-7-11(8-15-18(25)21(10-17(23)24)19(30)31-15)3-5-13(14)29-16-6-4-12(9-20-16)22(26)27/h3-9H,2,10H2,1H3,(H,23,24)/b15-8+. The summed E-state index contributed by atoms with van der Waals surface area (Å²) in [6.45, 7) is 1.63. The van der Waals surface area contributed by atoms with Crippen LogP contribution in [0.5, 0.6) is 17.4 Å². The van der Waals surface area contributed by atoms with E-state index in [1.54, 1.807) is 31.2 Å². The van der Waals surface area contributed by atoms with Gasteiger partial charge in [0.15, 0.2) is 11.5 Å². The Hall–Kier alpha value is -3.51. The first-order chi connectivity index (χ1) is 14.8. The third-order valence-corrected chi connectivity index (χ3v) is 5.26. The quantitative estimate of drug-likeness (QED) is 0.270. The first-order valence-corrected chi connectivity index (χ1v) is 10.0. The van der Waals surface area contributed by atoms with E-state index in [0.717, 1.165) is 22.9 Å². The van der Waals surface area contributed by atoms with Gasteiger partial charge in [-0.2, -0.15) is 0 Å². The monoisotopic (exact) mass is 461 g/mol. The Morgan fingerprint density at radius 2 is 2.13 bits per heavy atom. The van der Waals surface area contributed by atoms with Gasteiger partial charge < -0.3 is 14.6 Å². The lowest BCUT2D eigenvalue weighted by molar-refractivity contribution is -0.385. The zero-order valence-electron chi connectivity index (χ0n) is 16.0. The number of carbonyl (C=O) groups excluding carboxylic acids is 1. The second-order valence-corrected chi connectivity index (χ2v) is 7.69. The maximum atomic E-state index is 12.4. The predicted molar refractivity (Wildman–Crippen MR) is 116 cm³/mol. The van der Waals surface area contributed by atoms with E-state index in [1.165, 1.54) is 12.1 Å². The molecule has 1 saturated heterocycles. The Morgan fingerprint density at radius 3 is 2.74 bits per heavy atom. The molecule has 1 aromatic carbocycles. The highest BCUT2D eigenvalue weighted by Gasteiger charge is 2.33. The minimum atomic E-state index is -1.16. The number of carboxylic acid groups (broad SMARTS) is 1. The largest absolute Gasteiger partial charge is 0.490 e. The van der Waals surface area contributed by atoms with Gasteiger partial charge in [-0.3, -0.25) is 24.6 Å². The minimum absolute atomic E-state index is 0.147. The van der Waals surface area contributed by atoms with Gasteiger partial charge in [-0.25, -0.2) is 4.98 Å². The van der Waals surface area contributed by atoms with E-state index >= 15 is 0 Å². The van der Waals surface area contributed by atoms with E-state index in [0.29, 0.717) is 28.6 Å². The normalized spacial score (nSPS) is 14.7. The average molecular weight is 461 g/mol. The van der Waals surface area contributed by atoms with E-state index < -0.39 is 23.3 Å². The summed E-state index contributed by atoms with van der Waals surface area (Å²) < 4.78 is 11.5. The summed E-state index contributed by atoms with van der Waals surface area (Å²) in [5.41, 5.74) is 0.455. The molecule has 1 aliphatic heterocycles. The molecule has 3 rings (SSSR count). The van der Waals surface area contributed by atoms with Crippen molar-refractivity contribution >= 4 is 51.9 Å². The first kappa shape index (κ1) is 22.2. The van der Waals surface area contributed by atoms with Gasteiger partial charge in [0, 0.05) is 12.1 Å². The lowest BCUT2D eigenvalue weighted by atomic mass is 10.2. The van der Waals surface area contributed by atoms with E-state index in [2.05, 4.69) is 4.98 Å². The lowest BCUT2D eigenvalue weighted by Crippen LogP contribution is -2.33. The van der Waals surface area contributed by atoms with Crippen LogP contribution in [0.2, 0.25) is 0 Å². The molecule has 2 heterocycles. The Balaban J connectivity index is 1.84. The molecule has 0 radical (unpaired) electrons. The Bertz CT molecular complexity index is 1090. The third kappa shape index (κ3) is 5.35. The number of amides is 1. The molecule has 0 atom stereocenters. The number of aliphatic carboxylic acids is 1. The molecule has 160 valence electrons. The smallest absolute Gasteiger partial charge is 0.323 e. The number of carbonyl (C=O) groups is 2. The molecule has 0 spiro atoms. The molecular formula is C19H15N3O7S2. The lowest BCUT2D eigenvalue weighted by Gasteiger charge is -2.12. The summed E-state index contributed by atoms with van der Waals surface area (Å²) in [5, 5.41) is 19.7. The van der Waals surface area contributed by atoms with Crippen LogP contribution in [-0.4, -0.2) is 49.3 Å². The SMILES string of the molecule is CCOc1cc(/C=C2/SC(=S)N(CC(=O)O)C2=O)ccc1Oc1ccc([N+](=O)[O-])cn1. The Labute approximate surface area is 185 Å². The summed E-state index contributed by atoms with van der Waals surface area (Å²) in [6.07, 6.45) is 2.67. The fourth-order valence-electron chi connectivity index (χ4n) is 2.54. The van der Waals surface area contributed by atoms with Crippen molar-refractivity contribution in [3.8, 4) is 17.4 Å². The van der Waals surface area contributed by atoms with E-state index in [1.807, 2.05) is 0 Å². The van der Waals surface area contributed by atoms with Crippen LogP contribution in [0.4, 0.5) is 5.69 Å². The molecule has 0 saturated carbocycles. The molecule has 31 heavy (non-hydrogen) atoms. The minimum Gasteiger partial charge on any atom is -0.490 e. The number of thiocarbonyl (C=S) groups is 1. The zero-order valence-corrected chi connectivity index (χ0v) is 17.6. The fraction of sp³-hybridized carbons (Fsp3) is 0.158. The second kappa shape index (κ2) is 9.53. The number of hydrogen-bond donors (Lipinski definition) is 1. The number of ether oxygens (including phenoxy) is 2. The van der Waals surface area contributed by atoms with Crippen molar-refractivity contribution in [1.82, 2.24) is 9.88 Å². The predicted octanol–water partition coefficient (Wildman–Crippen LogP) is 3.47. The number of aromatic nitrogens is 1. The van der Waals surface area contributed by atoms with Crippen molar-refractivity contribution in [2.24, 2.45) is 0 Å². The number of nitrogens with zero attached hydrogens (tertiary/aromatic N) is 3. The molecule has 10 nitrogen and oxygen atoms in total. The van der Waals surface area contributed by atoms with Crippen LogP contribution in [0.1, 0.15) is 12.5 Å². The first-order valence-electron chi connectivity index (χ1n) is 8.80. The number of benzene rings is 1. The van der Waals surface area contributed by atoms with Crippen molar-refractivity contribution in [3.05, 3.63) is 57.1 Å². The maximum Gasteiger partial charge on any atom is 0.323 e. The maximum absolute atomic E-state index is 12.4. The van der Waals surface area contributed by atoms with E-state index in [4.69, 9.17) is 26.8 Å². The molecule has 0 bridgehead atoms. The van der Waals surface area contributed by atoms with Gasteiger partial charge in [-0.05, 0) is 30.7 Å². The van der Waals surface area contributed by atoms with Crippen molar-refractivity contribution in [3.63, 3.8) is 0 Å². The van der Waals surface area contributed by atoms with Crippen LogP contribution in [0, 0.1) is 10.1 Å². The van der Waals surface area contributed by atoms with Crippen LogP contribution in [0.15, 0.2) is 41.4 Å². The Morgan fingerprint density at radius 1 is 1.35 bits per heavy atom. The van der Waals surface area contributed by atoms with Crippen LogP contribution in [0.3, 0.4) is 0 Å². The number of pyridine rings is 1. The molecule has 12 heteroatoms. The van der Waals surface area contributed by atoms with Crippen LogP contribution in [-0.2, 0) is 9.59 Å². The summed E-state index contributed by atoms with van der Waals surface area (Å²) in [7, 11) is 0. The third-order valence-electron chi connectivity index (χ3n) is 3.88. The molecule has 0 aliphatic carbocycles. The molecule has 1 amide bonds. The summed E-state index contributed by atoms with van der Waals surface area (Å²) >= 11 is 6.10. The second-order valence-electron chi connectivity index (χ2n) is 6.01. The van der Waals surface area contributed by atoms with Gasteiger partial charge in [0.25, 0.3) is 11.6 Å². The highest BCUT2D eigenvalue weighted by Crippen LogP contribution is 2.36. The van der Waals surface area contributed by atoms with Gasteiger partial charge in [-0.1, -0.05) is 30.0 Å². The molecular weight excluding hydrogens is 446 g/mol. The Kier molecular flexibility index (Phi) is 6.82. The van der Waals surface area contributed by atoms with Crippen molar-refractivity contribution in [2.75, 3.05) is 13.2 Å². The summed E-state index contributed by atoms with van der Waals surface area (Å²) in [5.74, 6) is -0.784. The van der Waals surface area contributed by atoms with Crippen molar-refractivity contribution < 1.29 is 29.1 Å². The number of nitro groups is 1. The summed E-state index contributed by atoms with van der Waals surface area (Å²) in [6, 6.07) is 7.57. The van der Waals surface area contributed by atoms with E-state index in [-0.39, 0.29) is 15.9 Å². The van der Waals surface area contributed by atoms with Crippen molar-refractivity contribution in [2.45, 2.75) is 6.92 Å².